The number of rotatable bonds is 12. The van der Waals surface area contributed by atoms with Crippen LogP contribution >= 0.6 is 0 Å². The first-order valence-corrected chi connectivity index (χ1v) is 13.8. The van der Waals surface area contributed by atoms with E-state index in [4.69, 9.17) is 0 Å². The van der Waals surface area contributed by atoms with Crippen LogP contribution in [0.2, 0.25) is 0 Å². The normalized spacial score (nSPS) is 12.4. The molecule has 1 aromatic heterocycles. The number of aromatic nitrogens is 1. The van der Waals surface area contributed by atoms with E-state index < -0.39 is 36.3 Å². The quantitative estimate of drug-likeness (QED) is 0.165. The molecule has 0 radical (unpaired) electrons. The molecule has 4 aromatic rings. The Morgan fingerprint density at radius 3 is 2.16 bits per heavy atom. The van der Waals surface area contributed by atoms with Crippen molar-refractivity contribution in [1.29, 1.82) is 0 Å². The van der Waals surface area contributed by atoms with Gasteiger partial charge in [0.15, 0.2) is 0 Å². The molecule has 1 heterocycles. The second-order valence-electron chi connectivity index (χ2n) is 10.5. The van der Waals surface area contributed by atoms with Gasteiger partial charge in [0.05, 0.1) is 17.4 Å². The number of carboxylic acids is 1. The monoisotopic (exact) mass is 612 g/mol. The number of phenolic OH excluding ortho intramolecular Hbond substituents is 1. The molecule has 43 heavy (non-hydrogen) atoms. The van der Waals surface area contributed by atoms with E-state index >= 15 is 0 Å². The van der Waals surface area contributed by atoms with Crippen LogP contribution in [0.4, 0.5) is 10.1 Å². The van der Waals surface area contributed by atoms with Crippen LogP contribution in [0, 0.1) is 5.82 Å². The molecular formula is C33H33CaFN2O6. The van der Waals surface area contributed by atoms with Crippen molar-refractivity contribution in [1.82, 2.24) is 4.57 Å². The Kier molecular flexibility index (Phi) is 12.4. The van der Waals surface area contributed by atoms with Crippen LogP contribution in [0.25, 0.3) is 22.4 Å². The van der Waals surface area contributed by atoms with Gasteiger partial charge >= 0.3 is 37.7 Å². The van der Waals surface area contributed by atoms with Gasteiger partial charge in [0.1, 0.15) is 11.6 Å². The molecule has 0 aliphatic rings. The zero-order valence-electron chi connectivity index (χ0n) is 24.1. The second kappa shape index (κ2) is 15.5. The van der Waals surface area contributed by atoms with E-state index in [-0.39, 0.29) is 68.8 Å². The summed E-state index contributed by atoms with van der Waals surface area (Å²) in [5, 5.41) is 46.3. The number of aliphatic hydroxyl groups is 1. The first-order chi connectivity index (χ1) is 20.0. The van der Waals surface area contributed by atoms with Crippen LogP contribution in [-0.4, -0.2) is 76.6 Å². The van der Waals surface area contributed by atoms with Crippen LogP contribution in [-0.2, 0) is 11.3 Å². The molecule has 3 aromatic carbocycles. The zero-order valence-corrected chi connectivity index (χ0v) is 26.3. The van der Waals surface area contributed by atoms with E-state index in [1.54, 1.807) is 24.3 Å². The molecule has 0 saturated heterocycles. The Morgan fingerprint density at radius 2 is 1.58 bits per heavy atom. The maximum atomic E-state index is 14.1. The van der Waals surface area contributed by atoms with Crippen molar-refractivity contribution in [2.75, 3.05) is 5.32 Å². The third-order valence-electron chi connectivity index (χ3n) is 6.99. The first-order valence-electron chi connectivity index (χ1n) is 13.8. The van der Waals surface area contributed by atoms with Crippen molar-refractivity contribution in [3.8, 4) is 28.1 Å². The minimum Gasteiger partial charge on any atom is -0.852 e. The van der Waals surface area contributed by atoms with Gasteiger partial charge in [-0.25, -0.2) is 4.39 Å². The van der Waals surface area contributed by atoms with Gasteiger partial charge in [0, 0.05) is 35.9 Å². The molecule has 0 aliphatic carbocycles. The number of carbonyl (C=O) groups excluding carboxylic acids is 2. The van der Waals surface area contributed by atoms with E-state index in [1.165, 1.54) is 24.3 Å². The van der Waals surface area contributed by atoms with E-state index in [0.717, 1.165) is 5.56 Å². The van der Waals surface area contributed by atoms with Gasteiger partial charge < -0.3 is 35.1 Å². The fourth-order valence-electron chi connectivity index (χ4n) is 5.20. The molecule has 10 heteroatoms. The average Bonchev–Trinajstić information content (AvgIpc) is 3.29. The Labute approximate surface area is 279 Å². The number of hydrogen-bond acceptors (Lipinski definition) is 6. The average molecular weight is 613 g/mol. The summed E-state index contributed by atoms with van der Waals surface area (Å²) in [5.41, 5.74) is 4.15. The van der Waals surface area contributed by atoms with E-state index in [1.807, 2.05) is 48.7 Å². The van der Waals surface area contributed by atoms with Crippen molar-refractivity contribution in [2.24, 2.45) is 0 Å². The van der Waals surface area contributed by atoms with Gasteiger partial charge in [-0.3, -0.25) is 4.79 Å². The first kappa shape index (κ1) is 34.3. The summed E-state index contributed by atoms with van der Waals surface area (Å²) in [4.78, 5) is 24.9. The number of aliphatic carboxylic acids is 1. The minimum absolute atomic E-state index is 0. The van der Waals surface area contributed by atoms with Gasteiger partial charge in [-0.15, -0.1) is 6.10 Å². The van der Waals surface area contributed by atoms with Gasteiger partial charge in [-0.2, -0.15) is 0 Å². The Hall–Kier alpha value is -3.21. The predicted molar refractivity (Wildman–Crippen MR) is 160 cm³/mol. The molecular weight excluding hydrogens is 579 g/mol. The van der Waals surface area contributed by atoms with E-state index in [9.17, 15) is 34.4 Å². The van der Waals surface area contributed by atoms with E-state index in [0.29, 0.717) is 33.8 Å². The van der Waals surface area contributed by atoms with Crippen molar-refractivity contribution in [2.45, 2.75) is 57.8 Å². The SMILES string of the molecule is CC(C)c1c(C(=O)Nc2ccc(O)cc2)c(-c2ccccc2)c(-c2ccc(F)cc2)n1CC[C@@H]([O-])C[C@@H](O)CC(=O)[O-].[Ca+2]. The van der Waals surface area contributed by atoms with Crippen LogP contribution in [0.15, 0.2) is 78.9 Å². The maximum Gasteiger partial charge on any atom is 2.00 e. The molecule has 220 valence electrons. The molecule has 0 unspecified atom stereocenters. The summed E-state index contributed by atoms with van der Waals surface area (Å²) in [5.74, 6) is -2.38. The Morgan fingerprint density at radius 1 is 0.953 bits per heavy atom. The van der Waals surface area contributed by atoms with Gasteiger partial charge in [-0.1, -0.05) is 44.2 Å². The van der Waals surface area contributed by atoms with Crippen molar-refractivity contribution >= 4 is 55.3 Å². The molecule has 3 N–H and O–H groups in total. The number of halogens is 1. The zero-order chi connectivity index (χ0) is 30.4. The fourth-order valence-corrected chi connectivity index (χ4v) is 5.20. The Bertz CT molecular complexity index is 1520. The number of aliphatic hydroxyl groups excluding tert-OH is 1. The number of amides is 1. The summed E-state index contributed by atoms with van der Waals surface area (Å²) < 4.78 is 15.9. The van der Waals surface area contributed by atoms with Gasteiger partial charge in [0.2, 0.25) is 0 Å². The van der Waals surface area contributed by atoms with Crippen LogP contribution in [0.5, 0.6) is 5.75 Å². The molecule has 8 nitrogen and oxygen atoms in total. The molecule has 1 amide bonds. The summed E-state index contributed by atoms with van der Waals surface area (Å²) >= 11 is 0. The number of hydrogen-bond donors (Lipinski definition) is 3. The summed E-state index contributed by atoms with van der Waals surface area (Å²) in [6, 6.07) is 21.3. The number of benzene rings is 3. The van der Waals surface area contributed by atoms with Crippen molar-refractivity contribution in [3.05, 3.63) is 95.9 Å². The smallest absolute Gasteiger partial charge is 0.852 e. The number of anilines is 1. The van der Waals surface area contributed by atoms with Gasteiger partial charge in [-0.05, 0) is 78.4 Å². The molecule has 2 atom stereocenters. The second-order valence-corrected chi connectivity index (χ2v) is 10.5. The summed E-state index contributed by atoms with van der Waals surface area (Å²) in [6.07, 6.45) is -3.45. The number of nitrogens with one attached hydrogen (secondary N) is 1. The van der Waals surface area contributed by atoms with Crippen molar-refractivity contribution < 1.29 is 34.4 Å². The maximum absolute atomic E-state index is 14.1. The van der Waals surface area contributed by atoms with Crippen LogP contribution in [0.1, 0.15) is 55.1 Å². The standard InChI is InChI=1S/C33H34FN2O6.Ca/c1-20(2)31-30(33(42)35-24-12-14-25(37)15-13-24)29(21-6-4-3-5-7-21)32(22-8-10-23(34)11-9-22)36(31)17-16-26(38)18-27(39)19-28(40)41;/h3-15,20,26-27,37,39H,16-19H2,1-2H3,(H,35,42)(H,40,41);/q-1;+2/p-1/t26-,27-;/m1./s1. The molecule has 0 saturated carbocycles. The number of nitrogens with zero attached hydrogens (tertiary/aromatic N) is 1. The topological polar surface area (TPSA) is 138 Å². The predicted octanol–water partition coefficient (Wildman–Crippen LogP) is 3.67. The summed E-state index contributed by atoms with van der Waals surface area (Å²) in [7, 11) is 0. The molecule has 0 fully saturated rings. The number of carboxylic acid groups (broad SMARTS) is 1. The van der Waals surface area contributed by atoms with Crippen LogP contribution in [0.3, 0.4) is 0 Å². The fraction of sp³-hybridized carbons (Fsp3) is 0.273. The largest absolute Gasteiger partial charge is 2.00 e. The van der Waals surface area contributed by atoms with Crippen molar-refractivity contribution in [3.63, 3.8) is 0 Å². The molecule has 0 aliphatic heterocycles. The third-order valence-corrected chi connectivity index (χ3v) is 6.99. The molecule has 0 spiro atoms. The number of phenols is 1. The number of carbonyl (C=O) groups is 2. The molecule has 4 rings (SSSR count). The Balaban J connectivity index is 0.00000506. The minimum atomic E-state index is -1.43. The van der Waals surface area contributed by atoms with E-state index in [2.05, 4.69) is 5.32 Å². The van der Waals surface area contributed by atoms with Gasteiger partial charge in [0.25, 0.3) is 5.91 Å². The molecule has 0 bridgehead atoms. The summed E-state index contributed by atoms with van der Waals surface area (Å²) in [6.45, 7) is 4.04. The third kappa shape index (κ3) is 8.68. The number of aromatic hydroxyl groups is 1. The van der Waals surface area contributed by atoms with Crippen LogP contribution < -0.4 is 15.5 Å².